The summed E-state index contributed by atoms with van der Waals surface area (Å²) in [5.74, 6) is 1.88. The van der Waals surface area contributed by atoms with Gasteiger partial charge < -0.3 is 4.57 Å². The zero-order valence-electron chi connectivity index (χ0n) is 28.6. The lowest BCUT2D eigenvalue weighted by atomic mass is 10.0. The van der Waals surface area contributed by atoms with E-state index in [9.17, 15) is 0 Å². The molecule has 0 atom stereocenters. The van der Waals surface area contributed by atoms with Crippen LogP contribution >= 0.6 is 0 Å². The zero-order valence-corrected chi connectivity index (χ0v) is 28.6. The van der Waals surface area contributed by atoms with Crippen LogP contribution < -0.4 is 0 Å². The fraction of sp³-hybridized carbons (Fsp3) is 0. The summed E-state index contributed by atoms with van der Waals surface area (Å²) in [7, 11) is 0. The van der Waals surface area contributed by atoms with Crippen LogP contribution in [-0.4, -0.2) is 24.5 Å². The molecule has 0 saturated carbocycles. The lowest BCUT2D eigenvalue weighted by Crippen LogP contribution is -2.00. The maximum absolute atomic E-state index is 5.03. The Morgan fingerprint density at radius 1 is 0.340 bits per heavy atom. The highest BCUT2D eigenvalue weighted by Crippen LogP contribution is 2.37. The summed E-state index contributed by atoms with van der Waals surface area (Å²) in [5.41, 5.74) is 10.7. The van der Waals surface area contributed by atoms with Crippen LogP contribution in [0.2, 0.25) is 0 Å². The Kier molecular flexibility index (Phi) is 7.40. The molecule has 5 heteroatoms. The van der Waals surface area contributed by atoms with Gasteiger partial charge in [-0.1, -0.05) is 127 Å². The first-order chi connectivity index (χ1) is 26.2. The van der Waals surface area contributed by atoms with Gasteiger partial charge in [-0.05, 0) is 76.0 Å². The summed E-state index contributed by atoms with van der Waals surface area (Å²) in [4.78, 5) is 19.3. The lowest BCUT2D eigenvalue weighted by molar-refractivity contribution is 1.07. The molecule has 0 unspecified atom stereocenters. The zero-order chi connectivity index (χ0) is 35.1. The maximum atomic E-state index is 5.03. The summed E-state index contributed by atoms with van der Waals surface area (Å²) in [6.45, 7) is 0. The van der Waals surface area contributed by atoms with Gasteiger partial charge in [0, 0.05) is 51.1 Å². The maximum Gasteiger partial charge on any atom is 0.164 e. The van der Waals surface area contributed by atoms with Gasteiger partial charge in [0.2, 0.25) is 0 Å². The van der Waals surface area contributed by atoms with Gasteiger partial charge in [-0.2, -0.15) is 0 Å². The van der Waals surface area contributed by atoms with Crippen molar-refractivity contribution in [3.05, 3.63) is 188 Å². The van der Waals surface area contributed by atoms with Crippen LogP contribution in [0.3, 0.4) is 0 Å². The van der Waals surface area contributed by atoms with Crippen molar-refractivity contribution < 1.29 is 0 Å². The van der Waals surface area contributed by atoms with E-state index in [1.54, 1.807) is 6.20 Å². The summed E-state index contributed by atoms with van der Waals surface area (Å²) in [5, 5.41) is 4.92. The molecule has 248 valence electrons. The number of para-hydroxylation sites is 1. The van der Waals surface area contributed by atoms with Crippen LogP contribution in [0.15, 0.2) is 188 Å². The Bertz CT molecular complexity index is 2920. The number of hydrogen-bond donors (Lipinski definition) is 0. The second kappa shape index (κ2) is 12.8. The van der Waals surface area contributed by atoms with Gasteiger partial charge in [-0.25, -0.2) is 15.0 Å². The molecule has 3 heterocycles. The van der Waals surface area contributed by atoms with Gasteiger partial charge in [-0.15, -0.1) is 0 Å². The summed E-state index contributed by atoms with van der Waals surface area (Å²) in [6, 6.07) is 61.6. The molecule has 0 bridgehead atoms. The molecule has 0 spiro atoms. The van der Waals surface area contributed by atoms with E-state index in [-0.39, 0.29) is 0 Å². The smallest absolute Gasteiger partial charge is 0.164 e. The van der Waals surface area contributed by atoms with E-state index in [1.807, 2.05) is 54.7 Å². The summed E-state index contributed by atoms with van der Waals surface area (Å²) >= 11 is 0. The molecule has 3 aromatic heterocycles. The Morgan fingerprint density at radius 3 is 1.62 bits per heavy atom. The van der Waals surface area contributed by atoms with Gasteiger partial charge in [0.15, 0.2) is 17.5 Å². The van der Waals surface area contributed by atoms with E-state index in [0.717, 1.165) is 44.6 Å². The van der Waals surface area contributed by atoms with Gasteiger partial charge in [0.05, 0.1) is 11.0 Å². The minimum absolute atomic E-state index is 0.622. The average Bonchev–Trinajstić information content (AvgIpc) is 3.56. The van der Waals surface area contributed by atoms with Crippen molar-refractivity contribution in [2.45, 2.75) is 0 Å². The molecule has 0 aliphatic rings. The third-order valence-corrected chi connectivity index (χ3v) is 9.91. The molecule has 10 aromatic rings. The van der Waals surface area contributed by atoms with Gasteiger partial charge >= 0.3 is 0 Å². The molecule has 0 fully saturated rings. The first-order valence-corrected chi connectivity index (χ1v) is 17.7. The van der Waals surface area contributed by atoms with Crippen molar-refractivity contribution >= 4 is 32.6 Å². The van der Waals surface area contributed by atoms with Crippen molar-refractivity contribution in [2.24, 2.45) is 0 Å². The second-order valence-corrected chi connectivity index (χ2v) is 13.2. The lowest BCUT2D eigenvalue weighted by Gasteiger charge is -2.10. The van der Waals surface area contributed by atoms with E-state index in [2.05, 4.69) is 137 Å². The number of aromatic nitrogens is 5. The number of fused-ring (bicyclic) bond motifs is 4. The molecule has 10 rings (SSSR count). The highest BCUT2D eigenvalue weighted by molar-refractivity contribution is 6.14. The van der Waals surface area contributed by atoms with Crippen molar-refractivity contribution in [1.82, 2.24) is 24.5 Å². The molecule has 0 amide bonds. The van der Waals surface area contributed by atoms with Crippen molar-refractivity contribution in [3.63, 3.8) is 0 Å². The first kappa shape index (κ1) is 30.6. The largest absolute Gasteiger partial charge is 0.309 e. The first-order valence-electron chi connectivity index (χ1n) is 17.7. The van der Waals surface area contributed by atoms with Crippen LogP contribution in [0.4, 0.5) is 0 Å². The average molecular weight is 678 g/mol. The van der Waals surface area contributed by atoms with Crippen LogP contribution in [0.5, 0.6) is 0 Å². The van der Waals surface area contributed by atoms with Crippen molar-refractivity contribution in [1.29, 1.82) is 0 Å². The highest BCUT2D eigenvalue weighted by atomic mass is 15.0. The van der Waals surface area contributed by atoms with Gasteiger partial charge in [0.25, 0.3) is 0 Å². The van der Waals surface area contributed by atoms with E-state index in [1.165, 1.54) is 32.6 Å². The standard InChI is InChI=1S/C48H31N5/c1-3-11-33(12-4-1)46-50-47(52-48(51-46)39-16-9-15-35(27-39)40-17-10-26-49-31-40)34-22-20-32(21-23-34)38-24-25-44-42(29-38)43-28-36-13-7-8-14-37(36)30-45(43)53(44)41-18-5-2-6-19-41/h1-31H. The molecule has 0 aliphatic heterocycles. The summed E-state index contributed by atoms with van der Waals surface area (Å²) < 4.78 is 2.37. The number of rotatable bonds is 6. The predicted octanol–water partition coefficient (Wildman–Crippen LogP) is 11.9. The van der Waals surface area contributed by atoms with Crippen molar-refractivity contribution in [3.8, 4) is 62.1 Å². The molecule has 0 radical (unpaired) electrons. The second-order valence-electron chi connectivity index (χ2n) is 13.2. The van der Waals surface area contributed by atoms with Crippen molar-refractivity contribution in [2.75, 3.05) is 0 Å². The number of pyridine rings is 1. The van der Waals surface area contributed by atoms with Gasteiger partial charge in [0.1, 0.15) is 0 Å². The fourth-order valence-electron chi connectivity index (χ4n) is 7.27. The molecular weight excluding hydrogens is 647 g/mol. The van der Waals surface area contributed by atoms with E-state index in [0.29, 0.717) is 17.5 Å². The van der Waals surface area contributed by atoms with E-state index in [4.69, 9.17) is 15.0 Å². The fourth-order valence-corrected chi connectivity index (χ4v) is 7.27. The monoisotopic (exact) mass is 677 g/mol. The minimum atomic E-state index is 0.622. The highest BCUT2D eigenvalue weighted by Gasteiger charge is 2.16. The number of benzene rings is 7. The van der Waals surface area contributed by atoms with Gasteiger partial charge in [-0.3, -0.25) is 4.98 Å². The molecule has 0 saturated heterocycles. The Labute approximate surface area is 306 Å². The molecule has 7 aromatic carbocycles. The Balaban J connectivity index is 1.07. The summed E-state index contributed by atoms with van der Waals surface area (Å²) in [6.07, 6.45) is 3.66. The minimum Gasteiger partial charge on any atom is -0.309 e. The quantitative estimate of drug-likeness (QED) is 0.176. The predicted molar refractivity (Wildman–Crippen MR) is 217 cm³/mol. The normalized spacial score (nSPS) is 11.4. The Morgan fingerprint density at radius 2 is 0.887 bits per heavy atom. The van der Waals surface area contributed by atoms with E-state index >= 15 is 0 Å². The van der Waals surface area contributed by atoms with Crippen LogP contribution in [0, 0.1) is 0 Å². The third kappa shape index (κ3) is 5.61. The number of hydrogen-bond acceptors (Lipinski definition) is 4. The topological polar surface area (TPSA) is 56.5 Å². The molecule has 5 nitrogen and oxygen atoms in total. The third-order valence-electron chi connectivity index (χ3n) is 9.91. The molecule has 0 N–H and O–H groups in total. The van der Waals surface area contributed by atoms with Crippen LogP contribution in [-0.2, 0) is 0 Å². The van der Waals surface area contributed by atoms with Crippen LogP contribution in [0.25, 0.3) is 94.7 Å². The molecule has 53 heavy (non-hydrogen) atoms. The van der Waals surface area contributed by atoms with E-state index < -0.39 is 0 Å². The van der Waals surface area contributed by atoms with Crippen LogP contribution in [0.1, 0.15) is 0 Å². The Hall–Kier alpha value is -7.24. The molecule has 0 aliphatic carbocycles. The SMILES string of the molecule is c1ccc(-c2nc(-c3ccc(-c4ccc5c(c4)c4cc6ccccc6cc4n5-c4ccccc4)cc3)nc(-c3cccc(-c4cccnc4)c3)n2)cc1. The molecular formula is C48H31N5. The number of nitrogens with zero attached hydrogens (tertiary/aromatic N) is 5.